The molecule has 0 N–H and O–H groups in total. The van der Waals surface area contributed by atoms with Crippen molar-refractivity contribution in [3.05, 3.63) is 71.4 Å². The zero-order chi connectivity index (χ0) is 18.5. The Hall–Kier alpha value is -3.14. The Morgan fingerprint density at radius 2 is 1.81 bits per heavy atom. The van der Waals surface area contributed by atoms with E-state index in [1.165, 1.54) is 0 Å². The standard InChI is InChI=1S/C22H22N2O2/c1-4-26-22(25)20-15-17(23-21-8-6-5-7-19(20)21)12-9-16-10-13-18(14-11-16)24(2)3/h5-15H,4H2,1-3H3/b12-9+. The number of hydrogen-bond donors (Lipinski definition) is 0. The molecule has 3 aromatic rings. The van der Waals surface area contributed by atoms with Gasteiger partial charge < -0.3 is 9.64 Å². The van der Waals surface area contributed by atoms with Gasteiger partial charge in [0.1, 0.15) is 0 Å². The van der Waals surface area contributed by atoms with Crippen LogP contribution in [0.1, 0.15) is 28.5 Å². The van der Waals surface area contributed by atoms with Gasteiger partial charge >= 0.3 is 5.97 Å². The summed E-state index contributed by atoms with van der Waals surface area (Å²) in [5.41, 5.74) is 4.27. The smallest absolute Gasteiger partial charge is 0.338 e. The van der Waals surface area contributed by atoms with Gasteiger partial charge in [0.2, 0.25) is 0 Å². The number of carbonyl (C=O) groups is 1. The number of anilines is 1. The fourth-order valence-corrected chi connectivity index (χ4v) is 2.72. The van der Waals surface area contributed by atoms with E-state index in [4.69, 9.17) is 4.74 Å². The van der Waals surface area contributed by atoms with Crippen molar-refractivity contribution in [2.24, 2.45) is 0 Å². The second kappa shape index (κ2) is 7.83. The second-order valence-corrected chi connectivity index (χ2v) is 6.15. The maximum atomic E-state index is 12.3. The number of ether oxygens (including phenoxy) is 1. The Morgan fingerprint density at radius 3 is 2.50 bits per heavy atom. The lowest BCUT2D eigenvalue weighted by Gasteiger charge is -2.11. The number of para-hydroxylation sites is 1. The Bertz CT molecular complexity index is 944. The fourth-order valence-electron chi connectivity index (χ4n) is 2.72. The van der Waals surface area contributed by atoms with E-state index >= 15 is 0 Å². The van der Waals surface area contributed by atoms with Crippen LogP contribution in [-0.4, -0.2) is 31.7 Å². The van der Waals surface area contributed by atoms with Gasteiger partial charge in [-0.1, -0.05) is 36.4 Å². The first-order chi connectivity index (χ1) is 12.6. The fraction of sp³-hybridized carbons (Fsp3) is 0.182. The van der Waals surface area contributed by atoms with Gasteiger partial charge in [-0.2, -0.15) is 0 Å². The minimum Gasteiger partial charge on any atom is -0.462 e. The predicted molar refractivity (Wildman–Crippen MR) is 107 cm³/mol. The van der Waals surface area contributed by atoms with Crippen LogP contribution in [0.25, 0.3) is 23.1 Å². The van der Waals surface area contributed by atoms with Crippen molar-refractivity contribution < 1.29 is 9.53 Å². The SMILES string of the molecule is CCOC(=O)c1cc(/C=C/c2ccc(N(C)C)cc2)nc2ccccc12. The van der Waals surface area contributed by atoms with Gasteiger partial charge in [-0.25, -0.2) is 9.78 Å². The quantitative estimate of drug-likeness (QED) is 0.631. The summed E-state index contributed by atoms with van der Waals surface area (Å²) < 4.78 is 5.19. The molecule has 0 saturated heterocycles. The number of rotatable bonds is 5. The summed E-state index contributed by atoms with van der Waals surface area (Å²) in [5, 5.41) is 0.804. The summed E-state index contributed by atoms with van der Waals surface area (Å²) in [6, 6.07) is 17.6. The minimum atomic E-state index is -0.323. The monoisotopic (exact) mass is 346 g/mol. The van der Waals surface area contributed by atoms with Crippen LogP contribution in [0.3, 0.4) is 0 Å². The van der Waals surface area contributed by atoms with Crippen LogP contribution in [0, 0.1) is 0 Å². The molecule has 1 aromatic heterocycles. The maximum absolute atomic E-state index is 12.3. The molecule has 0 atom stereocenters. The van der Waals surface area contributed by atoms with Gasteiger partial charge in [0.25, 0.3) is 0 Å². The molecule has 0 radical (unpaired) electrons. The van der Waals surface area contributed by atoms with E-state index in [1.807, 2.05) is 50.5 Å². The molecule has 132 valence electrons. The van der Waals surface area contributed by atoms with Crippen molar-refractivity contribution in [2.45, 2.75) is 6.92 Å². The van der Waals surface area contributed by atoms with E-state index in [2.05, 4.69) is 34.1 Å². The highest BCUT2D eigenvalue weighted by Crippen LogP contribution is 2.21. The molecule has 0 unspecified atom stereocenters. The molecule has 0 spiro atoms. The number of esters is 1. The molecule has 1 heterocycles. The molecule has 0 saturated carbocycles. The minimum absolute atomic E-state index is 0.323. The molecule has 4 nitrogen and oxygen atoms in total. The van der Waals surface area contributed by atoms with E-state index in [0.29, 0.717) is 12.2 Å². The Balaban J connectivity index is 1.95. The molecule has 0 aliphatic rings. The zero-order valence-electron chi connectivity index (χ0n) is 15.3. The topological polar surface area (TPSA) is 42.4 Å². The van der Waals surface area contributed by atoms with E-state index < -0.39 is 0 Å². The van der Waals surface area contributed by atoms with Crippen LogP contribution in [0.2, 0.25) is 0 Å². The molecule has 4 heteroatoms. The van der Waals surface area contributed by atoms with Gasteiger partial charge in [0.05, 0.1) is 23.4 Å². The highest BCUT2D eigenvalue weighted by atomic mass is 16.5. The number of fused-ring (bicyclic) bond motifs is 1. The first-order valence-electron chi connectivity index (χ1n) is 8.61. The molecule has 0 aliphatic carbocycles. The molecule has 0 amide bonds. The van der Waals surface area contributed by atoms with Crippen LogP contribution in [0.4, 0.5) is 5.69 Å². The number of nitrogens with zero attached hydrogens (tertiary/aromatic N) is 2. The summed E-state index contributed by atoms with van der Waals surface area (Å²) >= 11 is 0. The summed E-state index contributed by atoms with van der Waals surface area (Å²) in [7, 11) is 4.03. The zero-order valence-corrected chi connectivity index (χ0v) is 15.3. The van der Waals surface area contributed by atoms with Crippen molar-refractivity contribution in [3.8, 4) is 0 Å². The van der Waals surface area contributed by atoms with Crippen molar-refractivity contribution >= 4 is 34.7 Å². The van der Waals surface area contributed by atoms with Gasteiger partial charge in [0, 0.05) is 25.2 Å². The lowest BCUT2D eigenvalue weighted by Crippen LogP contribution is -2.07. The molecular formula is C22H22N2O2. The average Bonchev–Trinajstić information content (AvgIpc) is 2.66. The largest absolute Gasteiger partial charge is 0.462 e. The third kappa shape index (κ3) is 3.91. The average molecular weight is 346 g/mol. The Labute approximate surface area is 153 Å². The lowest BCUT2D eigenvalue weighted by molar-refractivity contribution is 0.0528. The molecule has 0 aliphatic heterocycles. The van der Waals surface area contributed by atoms with Crippen LogP contribution in [0.15, 0.2) is 54.6 Å². The molecule has 3 rings (SSSR count). The first kappa shape index (κ1) is 17.7. The van der Waals surface area contributed by atoms with Crippen LogP contribution < -0.4 is 4.90 Å². The normalized spacial score (nSPS) is 11.0. The van der Waals surface area contributed by atoms with Crippen molar-refractivity contribution in [3.63, 3.8) is 0 Å². The van der Waals surface area contributed by atoms with Gasteiger partial charge in [0.15, 0.2) is 0 Å². The number of aromatic nitrogens is 1. The van der Waals surface area contributed by atoms with Gasteiger partial charge in [-0.3, -0.25) is 0 Å². The van der Waals surface area contributed by atoms with Gasteiger partial charge in [-0.15, -0.1) is 0 Å². The van der Waals surface area contributed by atoms with Crippen LogP contribution in [0.5, 0.6) is 0 Å². The van der Waals surface area contributed by atoms with E-state index in [9.17, 15) is 4.79 Å². The molecule has 2 aromatic carbocycles. The Kier molecular flexibility index (Phi) is 5.32. The number of carbonyl (C=O) groups excluding carboxylic acids is 1. The van der Waals surface area contributed by atoms with Crippen molar-refractivity contribution in [1.29, 1.82) is 0 Å². The second-order valence-electron chi connectivity index (χ2n) is 6.15. The molecule has 0 fully saturated rings. The van der Waals surface area contributed by atoms with E-state index in [-0.39, 0.29) is 5.97 Å². The maximum Gasteiger partial charge on any atom is 0.338 e. The highest BCUT2D eigenvalue weighted by Gasteiger charge is 2.12. The highest BCUT2D eigenvalue weighted by molar-refractivity contribution is 6.04. The summed E-state index contributed by atoms with van der Waals surface area (Å²) in [5.74, 6) is -0.323. The lowest BCUT2D eigenvalue weighted by atomic mass is 10.1. The Morgan fingerprint density at radius 1 is 1.08 bits per heavy atom. The predicted octanol–water partition coefficient (Wildman–Crippen LogP) is 4.65. The molecule has 0 bridgehead atoms. The van der Waals surface area contributed by atoms with E-state index in [1.54, 1.807) is 13.0 Å². The van der Waals surface area contributed by atoms with E-state index in [0.717, 1.165) is 27.8 Å². The summed E-state index contributed by atoms with van der Waals surface area (Å²) in [6.45, 7) is 2.15. The molecule has 26 heavy (non-hydrogen) atoms. The number of pyridine rings is 1. The van der Waals surface area contributed by atoms with Crippen LogP contribution in [-0.2, 0) is 4.74 Å². The number of benzene rings is 2. The third-order valence-electron chi connectivity index (χ3n) is 4.09. The molecular weight excluding hydrogens is 324 g/mol. The van der Waals surface area contributed by atoms with Crippen molar-refractivity contribution in [2.75, 3.05) is 25.6 Å². The third-order valence-corrected chi connectivity index (χ3v) is 4.09. The van der Waals surface area contributed by atoms with Crippen LogP contribution >= 0.6 is 0 Å². The van der Waals surface area contributed by atoms with Gasteiger partial charge in [-0.05, 0) is 42.8 Å². The van der Waals surface area contributed by atoms with Crippen molar-refractivity contribution in [1.82, 2.24) is 4.98 Å². The number of hydrogen-bond acceptors (Lipinski definition) is 4. The summed E-state index contributed by atoms with van der Waals surface area (Å²) in [6.07, 6.45) is 3.91. The summed E-state index contributed by atoms with van der Waals surface area (Å²) in [4.78, 5) is 19.0. The first-order valence-corrected chi connectivity index (χ1v) is 8.61.